The van der Waals surface area contributed by atoms with Gasteiger partial charge in [0.25, 0.3) is 0 Å². The van der Waals surface area contributed by atoms with E-state index in [1.165, 1.54) is 4.88 Å². The van der Waals surface area contributed by atoms with Crippen molar-refractivity contribution in [3.8, 4) is 0 Å². The van der Waals surface area contributed by atoms with Crippen LogP contribution in [0.3, 0.4) is 0 Å². The Morgan fingerprint density at radius 3 is 2.81 bits per heavy atom. The van der Waals surface area contributed by atoms with Gasteiger partial charge in [0.2, 0.25) is 5.91 Å². The van der Waals surface area contributed by atoms with Gasteiger partial charge in [0.05, 0.1) is 11.4 Å². The van der Waals surface area contributed by atoms with Crippen molar-refractivity contribution in [2.75, 3.05) is 24.3 Å². The summed E-state index contributed by atoms with van der Waals surface area (Å²) in [6, 6.07) is 9.65. The number of rotatable bonds is 6. The third kappa shape index (κ3) is 4.76. The van der Waals surface area contributed by atoms with Crippen molar-refractivity contribution in [3.05, 3.63) is 45.6 Å². The number of nitrogens with zero attached hydrogens (tertiary/aromatic N) is 1. The van der Waals surface area contributed by atoms with Gasteiger partial charge in [-0.25, -0.2) is 0 Å². The SMILES string of the molecule is CN(C)c1ccc(Cl)cc1NC(=O)CCCc1cccs1. The second kappa shape index (κ2) is 7.48. The summed E-state index contributed by atoms with van der Waals surface area (Å²) in [7, 11) is 3.88. The molecule has 2 aromatic rings. The first-order valence-corrected chi connectivity index (χ1v) is 8.11. The van der Waals surface area contributed by atoms with Gasteiger partial charge in [-0.05, 0) is 42.5 Å². The zero-order valence-electron chi connectivity index (χ0n) is 12.2. The Labute approximate surface area is 134 Å². The van der Waals surface area contributed by atoms with Crippen LogP contribution >= 0.6 is 22.9 Å². The molecule has 1 aromatic heterocycles. The van der Waals surface area contributed by atoms with Crippen molar-refractivity contribution in [1.82, 2.24) is 0 Å². The van der Waals surface area contributed by atoms with Gasteiger partial charge in [0, 0.05) is 30.4 Å². The zero-order valence-corrected chi connectivity index (χ0v) is 13.8. The van der Waals surface area contributed by atoms with E-state index in [4.69, 9.17) is 11.6 Å². The van der Waals surface area contributed by atoms with Gasteiger partial charge in [-0.2, -0.15) is 0 Å². The molecule has 2 rings (SSSR count). The van der Waals surface area contributed by atoms with Crippen LogP contribution in [0.5, 0.6) is 0 Å². The smallest absolute Gasteiger partial charge is 0.224 e. The molecular formula is C16H19ClN2OS. The van der Waals surface area contributed by atoms with E-state index in [1.807, 2.05) is 37.2 Å². The lowest BCUT2D eigenvalue weighted by atomic mass is 10.2. The maximum Gasteiger partial charge on any atom is 0.224 e. The molecule has 0 aliphatic rings. The molecule has 1 amide bonds. The summed E-state index contributed by atoms with van der Waals surface area (Å²) in [5.74, 6) is 0.0249. The summed E-state index contributed by atoms with van der Waals surface area (Å²) in [6.45, 7) is 0. The third-order valence-electron chi connectivity index (χ3n) is 3.12. The van der Waals surface area contributed by atoms with Crippen molar-refractivity contribution in [2.24, 2.45) is 0 Å². The molecule has 0 bridgehead atoms. The topological polar surface area (TPSA) is 32.3 Å². The number of anilines is 2. The summed E-state index contributed by atoms with van der Waals surface area (Å²) in [4.78, 5) is 15.3. The number of amides is 1. The molecule has 0 spiro atoms. The minimum atomic E-state index is 0.0249. The Hall–Kier alpha value is -1.52. The summed E-state index contributed by atoms with van der Waals surface area (Å²) in [5, 5.41) is 5.63. The first-order valence-electron chi connectivity index (χ1n) is 6.85. The molecule has 0 saturated heterocycles. The van der Waals surface area contributed by atoms with Gasteiger partial charge in [-0.1, -0.05) is 17.7 Å². The lowest BCUT2D eigenvalue weighted by Gasteiger charge is -2.18. The van der Waals surface area contributed by atoms with Crippen LogP contribution in [0.15, 0.2) is 35.7 Å². The molecule has 0 unspecified atom stereocenters. The Morgan fingerprint density at radius 2 is 2.14 bits per heavy atom. The average Bonchev–Trinajstić information content (AvgIpc) is 2.91. The minimum absolute atomic E-state index is 0.0249. The summed E-state index contributed by atoms with van der Waals surface area (Å²) in [5.41, 5.74) is 1.71. The van der Waals surface area contributed by atoms with E-state index in [-0.39, 0.29) is 5.91 Å². The summed E-state index contributed by atoms with van der Waals surface area (Å²) >= 11 is 7.74. The third-order valence-corrected chi connectivity index (χ3v) is 4.29. The molecule has 3 nitrogen and oxygen atoms in total. The zero-order chi connectivity index (χ0) is 15.2. The summed E-state index contributed by atoms with van der Waals surface area (Å²) < 4.78 is 0. The number of aryl methyl sites for hydroxylation is 1. The molecule has 1 heterocycles. The van der Waals surface area contributed by atoms with Crippen molar-refractivity contribution >= 4 is 40.2 Å². The van der Waals surface area contributed by atoms with E-state index >= 15 is 0 Å². The van der Waals surface area contributed by atoms with Crippen LogP contribution in [0, 0.1) is 0 Å². The highest BCUT2D eigenvalue weighted by Gasteiger charge is 2.09. The maximum atomic E-state index is 12.1. The minimum Gasteiger partial charge on any atom is -0.376 e. The molecule has 0 atom stereocenters. The first-order chi connectivity index (χ1) is 10.1. The van der Waals surface area contributed by atoms with Crippen LogP contribution < -0.4 is 10.2 Å². The maximum absolute atomic E-state index is 12.1. The van der Waals surface area contributed by atoms with Crippen LogP contribution in [-0.2, 0) is 11.2 Å². The van der Waals surface area contributed by atoms with E-state index in [0.29, 0.717) is 11.4 Å². The molecule has 1 aromatic carbocycles. The second-order valence-electron chi connectivity index (χ2n) is 5.04. The number of carbonyl (C=O) groups is 1. The Morgan fingerprint density at radius 1 is 1.33 bits per heavy atom. The van der Waals surface area contributed by atoms with E-state index in [1.54, 1.807) is 17.4 Å². The molecule has 0 saturated carbocycles. The van der Waals surface area contributed by atoms with Crippen LogP contribution in [0.4, 0.5) is 11.4 Å². The van der Waals surface area contributed by atoms with Gasteiger partial charge < -0.3 is 10.2 Å². The highest BCUT2D eigenvalue weighted by molar-refractivity contribution is 7.09. The van der Waals surface area contributed by atoms with Crippen molar-refractivity contribution in [2.45, 2.75) is 19.3 Å². The molecule has 0 aliphatic carbocycles. The second-order valence-corrected chi connectivity index (χ2v) is 6.51. The van der Waals surface area contributed by atoms with Crippen LogP contribution in [0.2, 0.25) is 5.02 Å². The quantitative estimate of drug-likeness (QED) is 0.853. The first kappa shape index (κ1) is 15.9. The largest absolute Gasteiger partial charge is 0.376 e. The van der Waals surface area contributed by atoms with E-state index in [0.717, 1.165) is 24.2 Å². The standard InChI is InChI=1S/C16H19ClN2OS/c1-19(2)15-9-8-12(17)11-14(15)18-16(20)7-3-5-13-6-4-10-21-13/h4,6,8-11H,3,5,7H2,1-2H3,(H,18,20). The molecule has 21 heavy (non-hydrogen) atoms. The van der Waals surface area contributed by atoms with Gasteiger partial charge in [0.1, 0.15) is 0 Å². The van der Waals surface area contributed by atoms with E-state index in [9.17, 15) is 4.79 Å². The molecular weight excluding hydrogens is 304 g/mol. The predicted molar refractivity (Wildman–Crippen MR) is 91.7 cm³/mol. The Bertz CT molecular complexity index is 596. The number of benzene rings is 1. The molecule has 112 valence electrons. The fraction of sp³-hybridized carbons (Fsp3) is 0.312. The number of hydrogen-bond acceptors (Lipinski definition) is 3. The normalized spacial score (nSPS) is 10.4. The predicted octanol–water partition coefficient (Wildman–Crippen LogP) is 4.43. The fourth-order valence-corrected chi connectivity index (χ4v) is 3.01. The van der Waals surface area contributed by atoms with Crippen molar-refractivity contribution < 1.29 is 4.79 Å². The molecule has 5 heteroatoms. The van der Waals surface area contributed by atoms with Gasteiger partial charge in [-0.15, -0.1) is 11.3 Å². The van der Waals surface area contributed by atoms with Crippen molar-refractivity contribution in [3.63, 3.8) is 0 Å². The number of halogens is 1. The molecule has 0 radical (unpaired) electrons. The van der Waals surface area contributed by atoms with Crippen LogP contribution in [0.25, 0.3) is 0 Å². The van der Waals surface area contributed by atoms with Gasteiger partial charge in [0.15, 0.2) is 0 Å². The van der Waals surface area contributed by atoms with E-state index < -0.39 is 0 Å². The van der Waals surface area contributed by atoms with E-state index in [2.05, 4.69) is 16.8 Å². The number of thiophene rings is 1. The Balaban J connectivity index is 1.91. The van der Waals surface area contributed by atoms with Gasteiger partial charge >= 0.3 is 0 Å². The molecule has 0 fully saturated rings. The highest BCUT2D eigenvalue weighted by Crippen LogP contribution is 2.28. The lowest BCUT2D eigenvalue weighted by Crippen LogP contribution is -2.16. The molecule has 1 N–H and O–H groups in total. The summed E-state index contributed by atoms with van der Waals surface area (Å²) in [6.07, 6.45) is 2.31. The lowest BCUT2D eigenvalue weighted by molar-refractivity contribution is -0.116. The number of nitrogens with one attached hydrogen (secondary N) is 1. The van der Waals surface area contributed by atoms with Crippen molar-refractivity contribution in [1.29, 1.82) is 0 Å². The average molecular weight is 323 g/mol. The fourth-order valence-electron chi connectivity index (χ4n) is 2.09. The Kier molecular flexibility index (Phi) is 5.65. The van der Waals surface area contributed by atoms with Crippen LogP contribution in [-0.4, -0.2) is 20.0 Å². The molecule has 0 aliphatic heterocycles. The van der Waals surface area contributed by atoms with Crippen LogP contribution in [0.1, 0.15) is 17.7 Å². The van der Waals surface area contributed by atoms with Gasteiger partial charge in [-0.3, -0.25) is 4.79 Å². The highest BCUT2D eigenvalue weighted by atomic mass is 35.5. The number of hydrogen-bond donors (Lipinski definition) is 1. The number of carbonyl (C=O) groups excluding carboxylic acids is 1. The monoisotopic (exact) mass is 322 g/mol.